The van der Waals surface area contributed by atoms with Gasteiger partial charge in [0.2, 0.25) is 0 Å². The Bertz CT molecular complexity index is 63.4. The molecule has 1 nitrogen and oxygen atoms in total. The molecule has 0 aliphatic carbocycles. The van der Waals surface area contributed by atoms with Gasteiger partial charge in [0.25, 0.3) is 0 Å². The number of alkyl halides is 1. The van der Waals surface area contributed by atoms with Crippen LogP contribution < -0.4 is 0 Å². The smallest absolute Gasteiger partial charge is 0.147 e. The topological polar surface area (TPSA) is 17.1 Å². The van der Waals surface area contributed by atoms with Crippen LogP contribution in [0.2, 0.25) is 0 Å². The van der Waals surface area contributed by atoms with E-state index in [4.69, 9.17) is 11.6 Å². The van der Waals surface area contributed by atoms with E-state index in [1.807, 2.05) is 6.92 Å². The lowest BCUT2D eigenvalue weighted by molar-refractivity contribution is -0.116. The van der Waals surface area contributed by atoms with Gasteiger partial charge in [0.1, 0.15) is 5.78 Å². The van der Waals surface area contributed by atoms with Crippen LogP contribution in [-0.4, -0.2) is 11.7 Å². The first-order valence-corrected chi connectivity index (χ1v) is 2.92. The molecule has 0 N–H and O–H groups in total. The highest BCUT2D eigenvalue weighted by atomic mass is 35.5. The summed E-state index contributed by atoms with van der Waals surface area (Å²) in [5.41, 5.74) is 0. The van der Waals surface area contributed by atoms with Crippen LogP contribution in [0.3, 0.4) is 0 Å². The van der Waals surface area contributed by atoms with E-state index in [0.717, 1.165) is 6.42 Å². The van der Waals surface area contributed by atoms with E-state index >= 15 is 0 Å². The van der Waals surface area contributed by atoms with Gasteiger partial charge in [-0.1, -0.05) is 6.92 Å². The second-order valence-electron chi connectivity index (χ2n) is 1.42. The van der Waals surface area contributed by atoms with Crippen molar-refractivity contribution in [3.63, 3.8) is 0 Å². The largest absolute Gasteiger partial charge is 0.298 e. The summed E-state index contributed by atoms with van der Waals surface area (Å²) in [5.74, 6) is 0.317. The van der Waals surface area contributed by atoms with Crippen LogP contribution in [-0.2, 0) is 4.79 Å². The molecular formula is C5H10Cl2O. The molecule has 8 heavy (non-hydrogen) atoms. The molecule has 0 aliphatic heterocycles. The average molecular weight is 157 g/mol. The van der Waals surface area contributed by atoms with Crippen molar-refractivity contribution in [2.24, 2.45) is 0 Å². The first-order valence-electron chi connectivity index (χ1n) is 2.39. The van der Waals surface area contributed by atoms with Crippen molar-refractivity contribution in [1.29, 1.82) is 0 Å². The fourth-order valence-corrected chi connectivity index (χ4v) is 0.479. The van der Waals surface area contributed by atoms with Gasteiger partial charge in [-0.2, -0.15) is 0 Å². The highest BCUT2D eigenvalue weighted by Gasteiger charge is 1.93. The minimum Gasteiger partial charge on any atom is -0.298 e. The minimum absolute atomic E-state index is 0. The molecule has 0 amide bonds. The van der Waals surface area contributed by atoms with Crippen molar-refractivity contribution in [3.05, 3.63) is 0 Å². The Labute approximate surface area is 60.8 Å². The Kier molecular flexibility index (Phi) is 10.1. The molecule has 0 aromatic heterocycles. The van der Waals surface area contributed by atoms with Gasteiger partial charge in [-0.15, -0.1) is 24.0 Å². The summed E-state index contributed by atoms with van der Waals surface area (Å²) in [6, 6.07) is 0. The molecule has 0 spiro atoms. The van der Waals surface area contributed by atoms with Crippen molar-refractivity contribution in [2.45, 2.75) is 19.8 Å². The van der Waals surface area contributed by atoms with Crippen molar-refractivity contribution in [3.8, 4) is 0 Å². The van der Waals surface area contributed by atoms with Crippen molar-refractivity contribution in [1.82, 2.24) is 0 Å². The van der Waals surface area contributed by atoms with Crippen LogP contribution in [0.15, 0.2) is 0 Å². The number of hydrogen-bond acceptors (Lipinski definition) is 1. The van der Waals surface area contributed by atoms with Crippen molar-refractivity contribution in [2.75, 3.05) is 5.88 Å². The Balaban J connectivity index is 0. The monoisotopic (exact) mass is 156 g/mol. The summed E-state index contributed by atoms with van der Waals surface area (Å²) in [6.07, 6.45) is 1.54. The quantitative estimate of drug-likeness (QED) is 0.572. The van der Waals surface area contributed by atoms with Gasteiger partial charge < -0.3 is 0 Å². The third kappa shape index (κ3) is 6.25. The van der Waals surface area contributed by atoms with Crippen LogP contribution in [0.4, 0.5) is 0 Å². The number of halogens is 2. The zero-order valence-corrected chi connectivity index (χ0v) is 6.39. The molecule has 0 atom stereocenters. The van der Waals surface area contributed by atoms with Crippen molar-refractivity contribution < 1.29 is 4.79 Å². The van der Waals surface area contributed by atoms with E-state index in [1.165, 1.54) is 0 Å². The molecular weight excluding hydrogens is 147 g/mol. The normalized spacial score (nSPS) is 7.75. The average Bonchev–Trinajstić information content (AvgIpc) is 1.68. The minimum atomic E-state index is 0. The maximum Gasteiger partial charge on any atom is 0.147 e. The van der Waals surface area contributed by atoms with Gasteiger partial charge in [-0.3, -0.25) is 4.79 Å². The predicted octanol–water partition coefficient (Wildman–Crippen LogP) is 2.02. The number of carbonyl (C=O) groups is 1. The number of ketones is 1. The standard InChI is InChI=1S/C5H9ClO.ClH/c1-2-3-5(7)4-6;/h2-4H2,1H3;1H. The summed E-state index contributed by atoms with van der Waals surface area (Å²) < 4.78 is 0. The summed E-state index contributed by atoms with van der Waals surface area (Å²) in [4.78, 5) is 10.3. The third-order valence-corrected chi connectivity index (χ3v) is 0.976. The van der Waals surface area contributed by atoms with E-state index in [-0.39, 0.29) is 24.1 Å². The maximum atomic E-state index is 10.3. The van der Waals surface area contributed by atoms with E-state index < -0.39 is 0 Å². The van der Waals surface area contributed by atoms with E-state index in [0.29, 0.717) is 6.42 Å². The van der Waals surface area contributed by atoms with Gasteiger partial charge in [0.05, 0.1) is 5.88 Å². The first kappa shape index (κ1) is 11.1. The molecule has 0 aromatic rings. The molecule has 0 saturated heterocycles. The van der Waals surface area contributed by atoms with Crippen molar-refractivity contribution >= 4 is 29.8 Å². The maximum absolute atomic E-state index is 10.3. The number of carbonyl (C=O) groups excluding carboxylic acids is 1. The SMILES string of the molecule is CCCC(=O)CCl.Cl. The summed E-state index contributed by atoms with van der Waals surface area (Å²) in [7, 11) is 0. The second-order valence-corrected chi connectivity index (χ2v) is 1.69. The molecule has 0 radical (unpaired) electrons. The Hall–Kier alpha value is 0.250. The van der Waals surface area contributed by atoms with Crippen LogP contribution in [0.25, 0.3) is 0 Å². The summed E-state index contributed by atoms with van der Waals surface area (Å²) >= 11 is 5.18. The number of Topliss-reactive ketones (excluding diaryl/α,β-unsaturated/α-hetero) is 1. The lowest BCUT2D eigenvalue weighted by atomic mass is 10.3. The molecule has 0 saturated carbocycles. The van der Waals surface area contributed by atoms with E-state index in [2.05, 4.69) is 0 Å². The number of hydrogen-bond donors (Lipinski definition) is 0. The molecule has 0 bridgehead atoms. The van der Waals surface area contributed by atoms with Crippen LogP contribution in [0.5, 0.6) is 0 Å². The molecule has 0 aromatic carbocycles. The van der Waals surface area contributed by atoms with Crippen LogP contribution in [0.1, 0.15) is 19.8 Å². The van der Waals surface area contributed by atoms with Gasteiger partial charge in [-0.25, -0.2) is 0 Å². The van der Waals surface area contributed by atoms with Gasteiger partial charge >= 0.3 is 0 Å². The van der Waals surface area contributed by atoms with E-state index in [9.17, 15) is 4.79 Å². The number of rotatable bonds is 3. The first-order chi connectivity index (χ1) is 3.31. The van der Waals surface area contributed by atoms with Crippen LogP contribution in [0, 0.1) is 0 Å². The lowest BCUT2D eigenvalue weighted by Gasteiger charge is -1.85. The lowest BCUT2D eigenvalue weighted by Crippen LogP contribution is -1.96. The van der Waals surface area contributed by atoms with E-state index in [1.54, 1.807) is 0 Å². The fraction of sp³-hybridized carbons (Fsp3) is 0.800. The molecule has 0 heterocycles. The molecule has 3 heteroatoms. The molecule has 0 aliphatic rings. The second kappa shape index (κ2) is 7.25. The van der Waals surface area contributed by atoms with Crippen LogP contribution >= 0.6 is 24.0 Å². The molecule has 0 unspecified atom stereocenters. The Morgan fingerprint density at radius 1 is 1.62 bits per heavy atom. The highest BCUT2D eigenvalue weighted by molar-refractivity contribution is 6.27. The Morgan fingerprint density at radius 3 is 2.25 bits per heavy atom. The molecule has 50 valence electrons. The fourth-order valence-electron chi connectivity index (χ4n) is 0.346. The Morgan fingerprint density at radius 2 is 2.12 bits per heavy atom. The molecule has 0 fully saturated rings. The third-order valence-electron chi connectivity index (χ3n) is 0.678. The predicted molar refractivity (Wildman–Crippen MR) is 37.9 cm³/mol. The summed E-state index contributed by atoms with van der Waals surface area (Å²) in [5, 5.41) is 0. The zero-order valence-electron chi connectivity index (χ0n) is 4.82. The van der Waals surface area contributed by atoms with Gasteiger partial charge in [-0.05, 0) is 6.42 Å². The van der Waals surface area contributed by atoms with Gasteiger partial charge in [0, 0.05) is 6.42 Å². The molecule has 0 rings (SSSR count). The summed E-state index contributed by atoms with van der Waals surface area (Å²) in [6.45, 7) is 1.96. The van der Waals surface area contributed by atoms with Gasteiger partial charge in [0.15, 0.2) is 0 Å². The zero-order chi connectivity index (χ0) is 5.70. The highest BCUT2D eigenvalue weighted by Crippen LogP contribution is 1.89.